The molecule has 144 valence electrons. The van der Waals surface area contributed by atoms with Crippen molar-refractivity contribution in [3.8, 4) is 0 Å². The molecule has 5 aliphatic heterocycles. The molecule has 5 heterocycles. The van der Waals surface area contributed by atoms with Gasteiger partial charge in [0.2, 0.25) is 0 Å². The zero-order chi connectivity index (χ0) is 16.4. The molecule has 0 aromatic carbocycles. The molecule has 0 spiro atoms. The van der Waals surface area contributed by atoms with Crippen LogP contribution in [0.1, 0.15) is 26.2 Å². The second-order valence-corrected chi connectivity index (χ2v) is 7.82. The maximum atomic E-state index is 5.04. The third-order valence-electron chi connectivity index (χ3n) is 6.30. The summed E-state index contributed by atoms with van der Waals surface area (Å²) in [6, 6.07) is 1.37. The van der Waals surface area contributed by atoms with Gasteiger partial charge in [0.1, 0.15) is 0 Å². The Labute approximate surface area is 170 Å². The third-order valence-corrected chi connectivity index (χ3v) is 6.30. The SMILES string of the molecule is CCNC(=NCC1CN2CCN1CC2)N1CCC(N2CCCC2)C1.I. The summed E-state index contributed by atoms with van der Waals surface area (Å²) in [5.74, 6) is 1.15. The lowest BCUT2D eigenvalue weighted by molar-refractivity contribution is 0.0173. The Morgan fingerprint density at radius 1 is 0.960 bits per heavy atom. The van der Waals surface area contributed by atoms with Gasteiger partial charge in [0, 0.05) is 64.4 Å². The van der Waals surface area contributed by atoms with Crippen molar-refractivity contribution >= 4 is 29.9 Å². The van der Waals surface area contributed by atoms with Gasteiger partial charge < -0.3 is 10.2 Å². The predicted octanol–water partition coefficient (Wildman–Crippen LogP) is 0.740. The standard InChI is InChI=1S/C18H34N6.HI/c1-2-19-18(20-13-17-14-21-9-11-23(17)12-10-21)24-8-5-16(15-24)22-6-3-4-7-22;/h16-17H,2-15H2,1H3,(H,19,20);1H. The fourth-order valence-electron chi connectivity index (χ4n) is 4.85. The maximum Gasteiger partial charge on any atom is 0.194 e. The number of aliphatic imine (C=N–C) groups is 1. The first-order valence-corrected chi connectivity index (χ1v) is 10.1. The summed E-state index contributed by atoms with van der Waals surface area (Å²) < 4.78 is 0. The molecule has 0 radical (unpaired) electrons. The van der Waals surface area contributed by atoms with Crippen LogP contribution in [-0.4, -0.2) is 110 Å². The Kier molecular flexibility index (Phi) is 7.22. The predicted molar refractivity (Wildman–Crippen MR) is 114 cm³/mol. The second kappa shape index (κ2) is 9.19. The van der Waals surface area contributed by atoms with Crippen LogP contribution < -0.4 is 5.32 Å². The molecule has 0 aromatic rings. The molecule has 0 aliphatic carbocycles. The highest BCUT2D eigenvalue weighted by Crippen LogP contribution is 2.21. The molecule has 25 heavy (non-hydrogen) atoms. The van der Waals surface area contributed by atoms with E-state index < -0.39 is 0 Å². The van der Waals surface area contributed by atoms with Crippen LogP contribution in [0.4, 0.5) is 0 Å². The van der Waals surface area contributed by atoms with Crippen LogP contribution in [0.2, 0.25) is 0 Å². The molecule has 0 aromatic heterocycles. The van der Waals surface area contributed by atoms with Crippen LogP contribution >= 0.6 is 24.0 Å². The van der Waals surface area contributed by atoms with E-state index >= 15 is 0 Å². The Balaban J connectivity index is 0.00000182. The molecule has 5 rings (SSSR count). The fourth-order valence-corrected chi connectivity index (χ4v) is 4.85. The number of rotatable bonds is 4. The Hall–Kier alpha value is -0.120. The summed E-state index contributed by atoms with van der Waals surface area (Å²) >= 11 is 0. The van der Waals surface area contributed by atoms with Crippen molar-refractivity contribution in [1.82, 2.24) is 24.9 Å². The van der Waals surface area contributed by atoms with Crippen molar-refractivity contribution in [3.63, 3.8) is 0 Å². The van der Waals surface area contributed by atoms with Gasteiger partial charge in [-0.05, 0) is 39.3 Å². The molecule has 2 atom stereocenters. The van der Waals surface area contributed by atoms with Crippen molar-refractivity contribution in [3.05, 3.63) is 0 Å². The normalized spacial score (nSPS) is 35.9. The van der Waals surface area contributed by atoms with E-state index in [0.717, 1.165) is 38.2 Å². The average molecular weight is 462 g/mol. The van der Waals surface area contributed by atoms with Gasteiger partial charge in [0.25, 0.3) is 0 Å². The first-order chi connectivity index (χ1) is 11.8. The molecular formula is C18H35IN6. The number of halogens is 1. The molecule has 2 bridgehead atoms. The van der Waals surface area contributed by atoms with Gasteiger partial charge in [0.15, 0.2) is 5.96 Å². The lowest BCUT2D eigenvalue weighted by Gasteiger charge is -2.47. The summed E-state index contributed by atoms with van der Waals surface area (Å²) in [6.45, 7) is 15.2. The second-order valence-electron chi connectivity index (χ2n) is 7.82. The Morgan fingerprint density at radius 2 is 1.72 bits per heavy atom. The van der Waals surface area contributed by atoms with Gasteiger partial charge >= 0.3 is 0 Å². The summed E-state index contributed by atoms with van der Waals surface area (Å²) in [7, 11) is 0. The van der Waals surface area contributed by atoms with E-state index in [4.69, 9.17) is 4.99 Å². The number of guanidine groups is 1. The number of likely N-dealkylation sites (tertiary alicyclic amines) is 2. The molecule has 0 amide bonds. The van der Waals surface area contributed by atoms with Crippen LogP contribution in [0.3, 0.4) is 0 Å². The van der Waals surface area contributed by atoms with Crippen LogP contribution in [0.15, 0.2) is 4.99 Å². The number of nitrogens with zero attached hydrogens (tertiary/aromatic N) is 5. The van der Waals surface area contributed by atoms with E-state index in [0.29, 0.717) is 6.04 Å². The number of nitrogens with one attached hydrogen (secondary N) is 1. The molecule has 1 N–H and O–H groups in total. The van der Waals surface area contributed by atoms with E-state index in [9.17, 15) is 0 Å². The zero-order valence-electron chi connectivity index (χ0n) is 15.7. The minimum atomic E-state index is 0. The summed E-state index contributed by atoms with van der Waals surface area (Å²) in [6.07, 6.45) is 4.07. The van der Waals surface area contributed by atoms with Crippen LogP contribution in [0.5, 0.6) is 0 Å². The molecule has 7 heteroatoms. The van der Waals surface area contributed by atoms with Crippen LogP contribution in [0.25, 0.3) is 0 Å². The number of hydrogen-bond donors (Lipinski definition) is 1. The van der Waals surface area contributed by atoms with Gasteiger partial charge in [-0.2, -0.15) is 0 Å². The smallest absolute Gasteiger partial charge is 0.194 e. The minimum Gasteiger partial charge on any atom is -0.357 e. The minimum absolute atomic E-state index is 0. The van der Waals surface area contributed by atoms with E-state index in [1.807, 2.05) is 0 Å². The fraction of sp³-hybridized carbons (Fsp3) is 0.944. The van der Waals surface area contributed by atoms with Gasteiger partial charge in [-0.15, -0.1) is 24.0 Å². The first kappa shape index (κ1) is 19.6. The van der Waals surface area contributed by atoms with E-state index in [-0.39, 0.29) is 24.0 Å². The van der Waals surface area contributed by atoms with E-state index in [1.54, 1.807) is 0 Å². The van der Waals surface area contributed by atoms with Crippen molar-refractivity contribution in [2.24, 2.45) is 4.99 Å². The van der Waals surface area contributed by atoms with Crippen LogP contribution in [0, 0.1) is 0 Å². The van der Waals surface area contributed by atoms with Gasteiger partial charge in [-0.1, -0.05) is 0 Å². The molecular weight excluding hydrogens is 427 g/mol. The molecule has 6 nitrogen and oxygen atoms in total. The lowest BCUT2D eigenvalue weighted by atomic mass is 10.1. The van der Waals surface area contributed by atoms with E-state index in [1.165, 1.54) is 65.1 Å². The quantitative estimate of drug-likeness (QED) is 0.379. The molecule has 5 saturated heterocycles. The van der Waals surface area contributed by atoms with Crippen molar-refractivity contribution < 1.29 is 0 Å². The van der Waals surface area contributed by atoms with Gasteiger partial charge in [-0.3, -0.25) is 19.7 Å². The third kappa shape index (κ3) is 4.59. The maximum absolute atomic E-state index is 5.04. The monoisotopic (exact) mass is 462 g/mol. The first-order valence-electron chi connectivity index (χ1n) is 10.1. The Morgan fingerprint density at radius 3 is 2.36 bits per heavy atom. The highest BCUT2D eigenvalue weighted by atomic mass is 127. The van der Waals surface area contributed by atoms with Crippen molar-refractivity contribution in [2.45, 2.75) is 38.3 Å². The van der Waals surface area contributed by atoms with Crippen molar-refractivity contribution in [1.29, 1.82) is 0 Å². The largest absolute Gasteiger partial charge is 0.357 e. The molecule has 0 saturated carbocycles. The van der Waals surface area contributed by atoms with Gasteiger partial charge in [0.05, 0.1) is 6.54 Å². The highest BCUT2D eigenvalue weighted by Gasteiger charge is 2.33. The zero-order valence-corrected chi connectivity index (χ0v) is 18.0. The van der Waals surface area contributed by atoms with E-state index in [2.05, 4.69) is 31.8 Å². The summed E-state index contributed by atoms with van der Waals surface area (Å²) in [4.78, 5) is 15.5. The highest BCUT2D eigenvalue weighted by molar-refractivity contribution is 14.0. The number of hydrogen-bond acceptors (Lipinski definition) is 4. The number of piperazine rings is 3. The topological polar surface area (TPSA) is 37.4 Å². The summed E-state index contributed by atoms with van der Waals surface area (Å²) in [5, 5.41) is 3.54. The average Bonchev–Trinajstić information content (AvgIpc) is 3.31. The van der Waals surface area contributed by atoms with Crippen molar-refractivity contribution in [2.75, 3.05) is 72.0 Å². The molecule has 5 fully saturated rings. The summed E-state index contributed by atoms with van der Waals surface area (Å²) in [5.41, 5.74) is 0. The number of fused-ring (bicyclic) bond motifs is 3. The lowest BCUT2D eigenvalue weighted by Crippen LogP contribution is -2.62. The molecule has 2 unspecified atom stereocenters. The van der Waals surface area contributed by atoms with Crippen LogP contribution in [-0.2, 0) is 0 Å². The molecule has 5 aliphatic rings. The van der Waals surface area contributed by atoms with Gasteiger partial charge in [-0.25, -0.2) is 0 Å². The Bertz CT molecular complexity index is 445.